The van der Waals surface area contributed by atoms with Crippen LogP contribution < -0.4 is 9.80 Å². The van der Waals surface area contributed by atoms with Gasteiger partial charge in [0, 0.05) is 13.0 Å². The number of nitrogens with one attached hydrogen (secondary N) is 1. The van der Waals surface area contributed by atoms with Crippen LogP contribution in [0.3, 0.4) is 0 Å². The van der Waals surface area contributed by atoms with Crippen molar-refractivity contribution in [3.05, 3.63) is 30.1 Å². The van der Waals surface area contributed by atoms with Crippen LogP contribution in [0.15, 0.2) is 24.3 Å². The van der Waals surface area contributed by atoms with Crippen LogP contribution in [0.25, 0.3) is 10.2 Å². The summed E-state index contributed by atoms with van der Waals surface area (Å²) in [5.41, 5.74) is 1.10. The number of aromatic nitrogens is 5. The number of quaternary nitrogens is 1. The van der Waals surface area contributed by atoms with E-state index in [1.807, 2.05) is 4.68 Å². The zero-order chi connectivity index (χ0) is 20.3. The van der Waals surface area contributed by atoms with Crippen LogP contribution in [-0.2, 0) is 11.3 Å². The van der Waals surface area contributed by atoms with Crippen molar-refractivity contribution in [3.63, 3.8) is 0 Å². The first-order valence-corrected chi connectivity index (χ1v) is 12.0. The number of fused-ring (bicyclic) bond motifs is 1. The first-order valence-electron chi connectivity index (χ1n) is 11.1. The predicted molar refractivity (Wildman–Crippen MR) is 117 cm³/mol. The van der Waals surface area contributed by atoms with Crippen LogP contribution in [0.4, 0.5) is 5.13 Å². The third-order valence-corrected chi connectivity index (χ3v) is 7.40. The molecule has 0 aliphatic carbocycles. The van der Waals surface area contributed by atoms with Crippen LogP contribution >= 0.6 is 11.3 Å². The lowest BCUT2D eigenvalue weighted by molar-refractivity contribution is -0.933. The highest BCUT2D eigenvalue weighted by Crippen LogP contribution is 2.28. The molecule has 9 heteroatoms. The average Bonchev–Trinajstić information content (AvgIpc) is 3.53. The van der Waals surface area contributed by atoms with E-state index in [-0.39, 0.29) is 6.10 Å². The molecule has 2 aliphatic rings. The van der Waals surface area contributed by atoms with E-state index in [2.05, 4.69) is 51.6 Å². The Balaban J connectivity index is 1.28. The maximum absolute atomic E-state index is 5.82. The molecule has 160 valence electrons. The molecule has 2 aromatic heterocycles. The van der Waals surface area contributed by atoms with E-state index in [1.54, 1.807) is 16.2 Å². The van der Waals surface area contributed by atoms with Gasteiger partial charge in [-0.05, 0) is 35.4 Å². The Kier molecular flexibility index (Phi) is 5.92. The van der Waals surface area contributed by atoms with Gasteiger partial charge in [0.05, 0.1) is 49.0 Å². The van der Waals surface area contributed by atoms with Crippen molar-refractivity contribution in [3.8, 4) is 0 Å². The Labute approximate surface area is 180 Å². The van der Waals surface area contributed by atoms with E-state index < -0.39 is 0 Å². The predicted octanol–water partition coefficient (Wildman–Crippen LogP) is 1.71. The van der Waals surface area contributed by atoms with Crippen LogP contribution in [0.1, 0.15) is 44.5 Å². The summed E-state index contributed by atoms with van der Waals surface area (Å²) in [6.07, 6.45) is 4.72. The summed E-state index contributed by atoms with van der Waals surface area (Å²) < 4.78 is 9.09. The fourth-order valence-electron chi connectivity index (χ4n) is 4.71. The normalized spacial score (nSPS) is 21.5. The van der Waals surface area contributed by atoms with Crippen LogP contribution in [0.2, 0.25) is 0 Å². The number of piperazine rings is 1. The summed E-state index contributed by atoms with van der Waals surface area (Å²) >= 11 is 1.80. The van der Waals surface area contributed by atoms with Gasteiger partial charge in [-0.1, -0.05) is 36.8 Å². The molecule has 1 aromatic carbocycles. The first-order chi connectivity index (χ1) is 14.8. The number of hydrogen-bond acceptors (Lipinski definition) is 7. The van der Waals surface area contributed by atoms with E-state index in [1.165, 1.54) is 4.70 Å². The summed E-state index contributed by atoms with van der Waals surface area (Å²) in [7, 11) is 0. The molecule has 8 nitrogen and oxygen atoms in total. The number of para-hydroxylation sites is 1. The third-order valence-electron chi connectivity index (χ3n) is 6.30. The smallest absolute Gasteiger partial charge is 0.209 e. The quantitative estimate of drug-likeness (QED) is 0.618. The number of rotatable bonds is 7. The molecule has 2 aliphatic heterocycles. The number of anilines is 1. The minimum Gasteiger partial charge on any atom is -0.376 e. The van der Waals surface area contributed by atoms with E-state index in [0.717, 1.165) is 81.5 Å². The number of tetrazole rings is 1. The molecule has 0 amide bonds. The highest BCUT2D eigenvalue weighted by molar-refractivity contribution is 7.22. The summed E-state index contributed by atoms with van der Waals surface area (Å²) in [5.74, 6) is 1.02. The highest BCUT2D eigenvalue weighted by Gasteiger charge is 2.33. The van der Waals surface area contributed by atoms with Crippen LogP contribution in [-0.4, -0.2) is 64.1 Å². The van der Waals surface area contributed by atoms with Gasteiger partial charge in [-0.3, -0.25) is 0 Å². The van der Waals surface area contributed by atoms with Crippen molar-refractivity contribution in [1.29, 1.82) is 0 Å². The molecule has 0 saturated carbocycles. The number of nitrogens with zero attached hydrogens (tertiary/aromatic N) is 6. The Morgan fingerprint density at radius 2 is 2.13 bits per heavy atom. The van der Waals surface area contributed by atoms with E-state index in [9.17, 15) is 0 Å². The lowest BCUT2D eigenvalue weighted by Gasteiger charge is -2.36. The maximum atomic E-state index is 5.82. The zero-order valence-corrected chi connectivity index (χ0v) is 18.4. The second-order valence-corrected chi connectivity index (χ2v) is 9.31. The zero-order valence-electron chi connectivity index (χ0n) is 17.5. The SMILES string of the molecule is CCC[C@H](c1nnnn1C[C@H]1CCCO1)[NH+]1CCN(c2nc3ccccc3s2)CC1. The fraction of sp³-hybridized carbons (Fsp3) is 0.619. The second kappa shape index (κ2) is 8.95. The van der Waals surface area contributed by atoms with Crippen molar-refractivity contribution < 1.29 is 9.64 Å². The van der Waals surface area contributed by atoms with Gasteiger partial charge < -0.3 is 14.5 Å². The molecule has 4 heterocycles. The molecule has 0 unspecified atom stereocenters. The summed E-state index contributed by atoms with van der Waals surface area (Å²) in [5, 5.41) is 13.9. The molecule has 5 rings (SSSR count). The molecule has 2 atom stereocenters. The second-order valence-electron chi connectivity index (χ2n) is 8.30. The Morgan fingerprint density at radius 1 is 1.27 bits per heavy atom. The number of hydrogen-bond donors (Lipinski definition) is 1. The molecular weight excluding hydrogens is 398 g/mol. The molecule has 1 N–H and O–H groups in total. The van der Waals surface area contributed by atoms with Gasteiger partial charge in [0.1, 0.15) is 6.04 Å². The maximum Gasteiger partial charge on any atom is 0.209 e. The van der Waals surface area contributed by atoms with E-state index in [0.29, 0.717) is 6.04 Å². The van der Waals surface area contributed by atoms with Gasteiger partial charge in [0.15, 0.2) is 5.13 Å². The topological polar surface area (TPSA) is 73.4 Å². The number of thiazole rings is 1. The average molecular weight is 429 g/mol. The van der Waals surface area contributed by atoms with Crippen LogP contribution in [0.5, 0.6) is 0 Å². The van der Waals surface area contributed by atoms with Crippen LogP contribution in [0, 0.1) is 0 Å². The van der Waals surface area contributed by atoms with E-state index in [4.69, 9.17) is 9.72 Å². The molecule has 0 radical (unpaired) electrons. The molecule has 3 aromatic rings. The summed E-state index contributed by atoms with van der Waals surface area (Å²) in [4.78, 5) is 8.87. The third kappa shape index (κ3) is 4.06. The van der Waals surface area contributed by atoms with Gasteiger partial charge in [-0.25, -0.2) is 9.67 Å². The van der Waals surface area contributed by atoms with Crippen molar-refractivity contribution in [2.24, 2.45) is 0 Å². The minimum absolute atomic E-state index is 0.250. The lowest BCUT2D eigenvalue weighted by Crippen LogP contribution is -3.15. The largest absolute Gasteiger partial charge is 0.376 e. The van der Waals surface area contributed by atoms with Gasteiger partial charge in [0.2, 0.25) is 5.82 Å². The minimum atomic E-state index is 0.250. The Morgan fingerprint density at radius 3 is 2.90 bits per heavy atom. The van der Waals surface area contributed by atoms with Gasteiger partial charge >= 0.3 is 0 Å². The number of ether oxygens (including phenoxy) is 1. The van der Waals surface area contributed by atoms with Crippen molar-refractivity contribution in [2.75, 3.05) is 37.7 Å². The molecule has 2 saturated heterocycles. The van der Waals surface area contributed by atoms with Crippen molar-refractivity contribution in [2.45, 2.75) is 51.3 Å². The molecule has 2 fully saturated rings. The Hall–Kier alpha value is -2.10. The lowest BCUT2D eigenvalue weighted by atomic mass is 10.1. The summed E-state index contributed by atoms with van der Waals surface area (Å²) in [6, 6.07) is 8.74. The number of benzene rings is 1. The monoisotopic (exact) mass is 428 g/mol. The summed E-state index contributed by atoms with van der Waals surface area (Å²) in [6.45, 7) is 8.07. The highest BCUT2D eigenvalue weighted by atomic mass is 32.1. The molecule has 0 spiro atoms. The van der Waals surface area contributed by atoms with Crippen molar-refractivity contribution in [1.82, 2.24) is 25.2 Å². The molecule has 30 heavy (non-hydrogen) atoms. The van der Waals surface area contributed by atoms with Gasteiger partial charge in [-0.2, -0.15) is 0 Å². The fourth-order valence-corrected chi connectivity index (χ4v) is 5.72. The molecule has 0 bridgehead atoms. The first kappa shape index (κ1) is 19.8. The Bertz CT molecular complexity index is 926. The van der Waals surface area contributed by atoms with E-state index >= 15 is 0 Å². The van der Waals surface area contributed by atoms with Gasteiger partial charge in [0.25, 0.3) is 0 Å². The molecular formula is C21H30N7OS+. The standard InChI is InChI=1S/C21H29N7OS/c1-2-6-18(20-23-24-25-28(20)15-16-7-5-14-29-16)26-10-12-27(13-11-26)21-22-17-8-3-4-9-19(17)30-21/h3-4,8-9,16,18H,2,5-7,10-15H2,1H3/p+1/t16-,18-/m1/s1. The van der Waals surface area contributed by atoms with Crippen molar-refractivity contribution >= 4 is 26.7 Å². The van der Waals surface area contributed by atoms with Gasteiger partial charge in [-0.15, -0.1) is 5.10 Å².